The van der Waals surface area contributed by atoms with Crippen LogP contribution in [0.3, 0.4) is 0 Å². The van der Waals surface area contributed by atoms with Crippen LogP contribution in [0.5, 0.6) is 0 Å². The van der Waals surface area contributed by atoms with Gasteiger partial charge in [0.2, 0.25) is 0 Å². The van der Waals surface area contributed by atoms with Crippen molar-refractivity contribution in [1.29, 1.82) is 0 Å². The minimum atomic E-state index is -4.49. The molecule has 16 nitrogen and oxygen atoms in total. The number of nitrogens with two attached hydrogens (primary N) is 2. The first-order valence-corrected chi connectivity index (χ1v) is 21.0. The first-order chi connectivity index (χ1) is 30.4. The number of anilines is 2. The molecule has 378 valence electrons. The molecule has 6 rings (SSSR count). The van der Waals surface area contributed by atoms with Crippen molar-refractivity contribution >= 4 is 47.8 Å². The van der Waals surface area contributed by atoms with Crippen LogP contribution in [-0.2, 0) is 28.0 Å². The number of nitrogens with one attached hydrogen (secondary N) is 4. The second-order valence-corrected chi connectivity index (χ2v) is 18.1. The summed E-state index contributed by atoms with van der Waals surface area (Å²) in [5.41, 5.74) is 7.13. The highest BCUT2D eigenvalue weighted by Gasteiger charge is 2.36. The highest BCUT2D eigenvalue weighted by molar-refractivity contribution is 6.29. The molecule has 0 aliphatic heterocycles. The van der Waals surface area contributed by atoms with E-state index in [9.17, 15) is 49.1 Å². The summed E-state index contributed by atoms with van der Waals surface area (Å²) in [7, 11) is 0. The van der Waals surface area contributed by atoms with E-state index >= 15 is 0 Å². The van der Waals surface area contributed by atoms with Gasteiger partial charge in [-0.2, -0.15) is 39.5 Å². The van der Waals surface area contributed by atoms with Crippen LogP contribution in [-0.4, -0.2) is 91.1 Å². The molecule has 3 aromatic rings. The number of carbonyl (C=O) groups is 2. The Morgan fingerprint density at radius 3 is 1.21 bits per heavy atom. The number of carbonyl (C=O) groups excluding carboxylic acids is 2. The summed E-state index contributed by atoms with van der Waals surface area (Å²) in [5.74, 6) is 2.03. The van der Waals surface area contributed by atoms with Crippen LogP contribution >= 0.6 is 24.0 Å². The topological polar surface area (TPSA) is 230 Å². The number of nitrogens with zero attached hydrogens (tertiary/aromatic N) is 6. The van der Waals surface area contributed by atoms with Crippen LogP contribution in [0.1, 0.15) is 97.1 Å². The van der Waals surface area contributed by atoms with Gasteiger partial charge in [0.05, 0.1) is 37.2 Å². The molecule has 3 fully saturated rings. The van der Waals surface area contributed by atoms with E-state index in [0.29, 0.717) is 61.4 Å². The molecule has 67 heavy (non-hydrogen) atoms. The minimum absolute atomic E-state index is 0. The SMILES string of the molecule is CC(C)(C)OC(=O)NC1CC(CN)C1.CC(C)(C)OC(=O)NC1CC(CNc2cnc(C(F)(F)F)cn2)C1.Cl.FC(F)(F)c1cnc(Cl)cn1.NC1CC(CNc2cnc(C(F)(F)F)cn2)C1. The average Bonchev–Trinajstić information content (AvgIpc) is 3.14. The van der Waals surface area contributed by atoms with Crippen molar-refractivity contribution in [1.82, 2.24) is 40.5 Å². The fourth-order valence-corrected chi connectivity index (χ4v) is 6.15. The maximum Gasteiger partial charge on any atom is 0.434 e. The monoisotopic (exact) mass is 1010 g/mol. The Morgan fingerprint density at radius 2 is 0.925 bits per heavy atom. The predicted octanol–water partition coefficient (Wildman–Crippen LogP) is 8.67. The van der Waals surface area contributed by atoms with Crippen LogP contribution in [0.25, 0.3) is 0 Å². The number of hydrogen-bond donors (Lipinski definition) is 6. The van der Waals surface area contributed by atoms with Crippen molar-refractivity contribution in [3.63, 3.8) is 0 Å². The van der Waals surface area contributed by atoms with Gasteiger partial charge in [-0.1, -0.05) is 11.6 Å². The summed E-state index contributed by atoms with van der Waals surface area (Å²) in [6.45, 7) is 12.9. The van der Waals surface area contributed by atoms with Gasteiger partial charge in [-0.25, -0.2) is 39.5 Å². The van der Waals surface area contributed by atoms with Crippen molar-refractivity contribution < 1.29 is 58.6 Å². The number of ether oxygens (including phenoxy) is 2. The van der Waals surface area contributed by atoms with Gasteiger partial charge in [0.25, 0.3) is 0 Å². The van der Waals surface area contributed by atoms with Crippen LogP contribution < -0.4 is 32.7 Å². The van der Waals surface area contributed by atoms with Gasteiger partial charge >= 0.3 is 30.7 Å². The van der Waals surface area contributed by atoms with E-state index in [1.807, 2.05) is 20.8 Å². The second kappa shape index (κ2) is 25.0. The Morgan fingerprint density at radius 1 is 0.582 bits per heavy atom. The van der Waals surface area contributed by atoms with E-state index in [1.54, 1.807) is 20.8 Å². The molecular formula is C40H57Cl2F9N12O4. The summed E-state index contributed by atoms with van der Waals surface area (Å²) < 4.78 is 119. The normalized spacial score (nSPS) is 21.1. The van der Waals surface area contributed by atoms with E-state index in [0.717, 1.165) is 63.3 Å². The van der Waals surface area contributed by atoms with Crippen molar-refractivity contribution in [2.45, 2.75) is 128 Å². The molecule has 0 unspecified atom stereocenters. The van der Waals surface area contributed by atoms with Gasteiger partial charge in [0.1, 0.15) is 28.0 Å². The van der Waals surface area contributed by atoms with Gasteiger partial charge in [-0.05, 0) is 104 Å². The summed E-state index contributed by atoms with van der Waals surface area (Å²) in [6, 6.07) is 0.587. The lowest BCUT2D eigenvalue weighted by atomic mass is 9.80. The Balaban J connectivity index is 0.000000318. The molecule has 27 heteroatoms. The molecule has 0 atom stereocenters. The molecule has 2 amide bonds. The van der Waals surface area contributed by atoms with Crippen molar-refractivity contribution in [3.8, 4) is 0 Å². The molecule has 3 aromatic heterocycles. The lowest BCUT2D eigenvalue weighted by Gasteiger charge is -2.36. The first kappa shape index (κ1) is 58.4. The Labute approximate surface area is 392 Å². The highest BCUT2D eigenvalue weighted by atomic mass is 35.5. The number of alkyl halides is 9. The van der Waals surface area contributed by atoms with E-state index < -0.39 is 52.9 Å². The third kappa shape index (κ3) is 22.7. The molecule has 8 N–H and O–H groups in total. The molecule has 0 radical (unpaired) electrons. The molecule has 3 saturated carbocycles. The molecule has 3 heterocycles. The first-order valence-electron chi connectivity index (χ1n) is 20.6. The second-order valence-electron chi connectivity index (χ2n) is 17.7. The zero-order valence-corrected chi connectivity index (χ0v) is 39.0. The summed E-state index contributed by atoms with van der Waals surface area (Å²) in [5, 5.41) is 11.4. The van der Waals surface area contributed by atoms with E-state index in [4.69, 9.17) is 32.5 Å². The third-order valence-electron chi connectivity index (χ3n) is 9.46. The minimum Gasteiger partial charge on any atom is -0.444 e. The molecule has 3 aliphatic carbocycles. The van der Waals surface area contributed by atoms with E-state index in [2.05, 4.69) is 51.2 Å². The summed E-state index contributed by atoms with van der Waals surface area (Å²) in [4.78, 5) is 43.2. The van der Waals surface area contributed by atoms with Gasteiger partial charge < -0.3 is 42.2 Å². The van der Waals surface area contributed by atoms with Gasteiger partial charge in [-0.3, -0.25) is 0 Å². The maximum atomic E-state index is 12.4. The smallest absolute Gasteiger partial charge is 0.434 e. The average molecular weight is 1010 g/mol. The number of rotatable bonds is 9. The van der Waals surface area contributed by atoms with Gasteiger partial charge in [0, 0.05) is 31.2 Å². The van der Waals surface area contributed by atoms with Crippen LogP contribution in [0, 0.1) is 17.8 Å². The fourth-order valence-electron chi connectivity index (χ4n) is 6.06. The molecule has 0 bridgehead atoms. The molecular weight excluding hydrogens is 954 g/mol. The number of amides is 2. The molecule has 0 spiro atoms. The van der Waals surface area contributed by atoms with Gasteiger partial charge in [0.15, 0.2) is 17.1 Å². The van der Waals surface area contributed by atoms with Crippen LogP contribution in [0.4, 0.5) is 60.7 Å². The summed E-state index contributed by atoms with van der Waals surface area (Å²) >= 11 is 5.22. The zero-order valence-electron chi connectivity index (χ0n) is 37.5. The number of hydrogen-bond acceptors (Lipinski definition) is 14. The van der Waals surface area contributed by atoms with Crippen LogP contribution in [0.15, 0.2) is 37.2 Å². The Bertz CT molecular complexity index is 1940. The number of aromatic nitrogens is 6. The lowest BCUT2D eigenvalue weighted by molar-refractivity contribution is -0.142. The Kier molecular flexibility index (Phi) is 21.8. The quantitative estimate of drug-likeness (QED) is 0.110. The third-order valence-corrected chi connectivity index (χ3v) is 9.65. The van der Waals surface area contributed by atoms with Crippen molar-refractivity contribution in [2.75, 3.05) is 30.3 Å². The number of alkyl carbamates (subject to hydrolysis) is 2. The standard InChI is InChI=1S/C15H21F3N4O2.C10H13F3N4.C10H20N2O2.C5H2ClF3N2.ClH/c1-14(2,3)24-13(23)22-10-4-9(5-10)6-20-12-8-19-11(7-21-12)15(16,17)18;11-10(12,13)8-4-17-9(5-15-8)16-3-6-1-7(14)2-6;1-10(2,3)14-9(13)12-8-4-7(5-8)6-11;6-4-2-10-3(1-11-4)5(7,8)9;/h7-10H,4-6H2,1-3H3,(H,20,21)(H,22,23);4-7H,1-3,14H2,(H,16,17);7-8H,4-6,11H2,1-3H3,(H,12,13);1-2H;1H. The molecule has 0 saturated heterocycles. The van der Waals surface area contributed by atoms with Crippen molar-refractivity contribution in [2.24, 2.45) is 29.2 Å². The Hall–Kier alpha value is -4.75. The lowest BCUT2D eigenvalue weighted by Crippen LogP contribution is -2.47. The predicted molar refractivity (Wildman–Crippen MR) is 232 cm³/mol. The maximum absolute atomic E-state index is 12.4. The number of halogens is 11. The molecule has 0 aromatic carbocycles. The zero-order chi connectivity index (χ0) is 49.7. The van der Waals surface area contributed by atoms with E-state index in [-0.39, 0.29) is 41.8 Å². The van der Waals surface area contributed by atoms with Gasteiger partial charge in [-0.15, -0.1) is 12.4 Å². The van der Waals surface area contributed by atoms with Crippen LogP contribution in [0.2, 0.25) is 5.15 Å². The van der Waals surface area contributed by atoms with Crippen molar-refractivity contribution in [3.05, 3.63) is 59.4 Å². The fraction of sp³-hybridized carbons (Fsp3) is 0.650. The highest BCUT2D eigenvalue weighted by Crippen LogP contribution is 2.31. The summed E-state index contributed by atoms with van der Waals surface area (Å²) in [6.07, 6.45) is -3.68. The molecule has 3 aliphatic rings. The largest absolute Gasteiger partial charge is 0.444 e. The van der Waals surface area contributed by atoms with E-state index in [1.165, 1.54) is 0 Å².